The van der Waals surface area contributed by atoms with Gasteiger partial charge in [0.2, 0.25) is 5.89 Å². The van der Waals surface area contributed by atoms with Crippen LogP contribution in [0.3, 0.4) is 0 Å². The van der Waals surface area contributed by atoms with Gasteiger partial charge in [0.15, 0.2) is 5.82 Å². The highest BCUT2D eigenvalue weighted by Gasteiger charge is 2.25. The predicted molar refractivity (Wildman–Crippen MR) is 68.5 cm³/mol. The van der Waals surface area contributed by atoms with Gasteiger partial charge in [-0.2, -0.15) is 4.98 Å². The van der Waals surface area contributed by atoms with Crippen LogP contribution in [0.1, 0.15) is 43.3 Å². The van der Waals surface area contributed by atoms with Crippen LogP contribution in [0, 0.1) is 0 Å². The van der Waals surface area contributed by atoms with Gasteiger partial charge in [0.05, 0.1) is 0 Å². The maximum atomic E-state index is 5.42. The number of likely N-dealkylation sites (tertiary alicyclic amines) is 1. The molecular formula is C13H22N4O. The van der Waals surface area contributed by atoms with E-state index >= 15 is 0 Å². The molecule has 1 unspecified atom stereocenters. The van der Waals surface area contributed by atoms with Crippen molar-refractivity contribution in [2.24, 2.45) is 0 Å². The van der Waals surface area contributed by atoms with Gasteiger partial charge in [-0.15, -0.1) is 0 Å². The molecule has 0 aromatic carbocycles. The van der Waals surface area contributed by atoms with Gasteiger partial charge in [0, 0.05) is 18.4 Å². The Bertz CT molecular complexity index is 386. The Labute approximate surface area is 108 Å². The molecule has 1 aromatic heterocycles. The Morgan fingerprint density at radius 3 is 2.89 bits per heavy atom. The van der Waals surface area contributed by atoms with Gasteiger partial charge in [-0.3, -0.25) is 0 Å². The molecule has 1 atom stereocenters. The minimum Gasteiger partial charge on any atom is -0.339 e. The summed E-state index contributed by atoms with van der Waals surface area (Å²) in [5.41, 5.74) is 0. The molecule has 2 aliphatic rings. The van der Waals surface area contributed by atoms with Crippen molar-refractivity contribution < 1.29 is 4.52 Å². The fourth-order valence-corrected chi connectivity index (χ4v) is 3.04. The molecular weight excluding hydrogens is 228 g/mol. The summed E-state index contributed by atoms with van der Waals surface area (Å²) in [6.07, 6.45) is 5.71. The molecule has 0 spiro atoms. The average molecular weight is 250 g/mol. The molecule has 0 amide bonds. The Morgan fingerprint density at radius 2 is 2.17 bits per heavy atom. The van der Waals surface area contributed by atoms with Gasteiger partial charge in [-0.1, -0.05) is 5.16 Å². The standard InChI is InChI=1S/C13H22N4O/c1-17-8-2-3-11(17)9-12-15-13(16-18-12)10-4-6-14-7-5-10/h10-11,14H,2-9H2,1H3. The summed E-state index contributed by atoms with van der Waals surface area (Å²) in [4.78, 5) is 7.00. The molecule has 2 saturated heterocycles. The highest BCUT2D eigenvalue weighted by Crippen LogP contribution is 2.24. The summed E-state index contributed by atoms with van der Waals surface area (Å²) < 4.78 is 5.42. The molecule has 5 nitrogen and oxygen atoms in total. The number of nitrogens with zero attached hydrogens (tertiary/aromatic N) is 3. The molecule has 100 valence electrons. The van der Waals surface area contributed by atoms with Crippen molar-refractivity contribution in [3.05, 3.63) is 11.7 Å². The van der Waals surface area contributed by atoms with Crippen LogP contribution in [0.2, 0.25) is 0 Å². The van der Waals surface area contributed by atoms with Crippen molar-refractivity contribution in [2.45, 2.75) is 44.1 Å². The number of rotatable bonds is 3. The monoisotopic (exact) mass is 250 g/mol. The average Bonchev–Trinajstić information content (AvgIpc) is 3.02. The van der Waals surface area contributed by atoms with Crippen LogP contribution in [0.15, 0.2) is 4.52 Å². The lowest BCUT2D eigenvalue weighted by molar-refractivity contribution is 0.277. The van der Waals surface area contributed by atoms with Crippen molar-refractivity contribution in [2.75, 3.05) is 26.7 Å². The molecule has 5 heteroatoms. The van der Waals surface area contributed by atoms with E-state index in [4.69, 9.17) is 4.52 Å². The van der Waals surface area contributed by atoms with E-state index in [0.717, 1.165) is 44.1 Å². The minimum atomic E-state index is 0.491. The Kier molecular flexibility index (Phi) is 3.61. The SMILES string of the molecule is CN1CCCC1Cc1nc(C2CCNCC2)no1. The second kappa shape index (κ2) is 5.36. The molecule has 3 rings (SSSR count). The van der Waals surface area contributed by atoms with E-state index in [0.29, 0.717) is 12.0 Å². The van der Waals surface area contributed by atoms with Crippen molar-refractivity contribution in [1.82, 2.24) is 20.4 Å². The van der Waals surface area contributed by atoms with Gasteiger partial charge >= 0.3 is 0 Å². The zero-order valence-electron chi connectivity index (χ0n) is 11.1. The normalized spacial score (nSPS) is 26.8. The zero-order chi connectivity index (χ0) is 12.4. The summed E-state index contributed by atoms with van der Waals surface area (Å²) in [6, 6.07) is 0.589. The van der Waals surface area contributed by atoms with Crippen molar-refractivity contribution >= 4 is 0 Å². The highest BCUT2D eigenvalue weighted by molar-refractivity contribution is 4.99. The van der Waals surface area contributed by atoms with Crippen LogP contribution >= 0.6 is 0 Å². The first-order chi connectivity index (χ1) is 8.83. The summed E-state index contributed by atoms with van der Waals surface area (Å²) in [7, 11) is 2.18. The first-order valence-corrected chi connectivity index (χ1v) is 7.06. The molecule has 0 aliphatic carbocycles. The second-order valence-electron chi connectivity index (χ2n) is 5.55. The lowest BCUT2D eigenvalue weighted by Gasteiger charge is -2.19. The first-order valence-electron chi connectivity index (χ1n) is 7.06. The van der Waals surface area contributed by atoms with Crippen LogP contribution in [0.5, 0.6) is 0 Å². The maximum Gasteiger partial charge on any atom is 0.228 e. The van der Waals surface area contributed by atoms with Crippen LogP contribution in [-0.2, 0) is 6.42 Å². The Hall–Kier alpha value is -0.940. The van der Waals surface area contributed by atoms with E-state index in [1.807, 2.05) is 0 Å². The van der Waals surface area contributed by atoms with E-state index in [1.54, 1.807) is 0 Å². The summed E-state index contributed by atoms with van der Waals surface area (Å²) in [5.74, 6) is 2.24. The van der Waals surface area contributed by atoms with E-state index in [9.17, 15) is 0 Å². The van der Waals surface area contributed by atoms with E-state index in [2.05, 4.69) is 27.4 Å². The molecule has 18 heavy (non-hydrogen) atoms. The molecule has 0 bridgehead atoms. The van der Waals surface area contributed by atoms with Crippen LogP contribution in [-0.4, -0.2) is 47.8 Å². The van der Waals surface area contributed by atoms with Crippen molar-refractivity contribution in [3.8, 4) is 0 Å². The fraction of sp³-hybridized carbons (Fsp3) is 0.846. The van der Waals surface area contributed by atoms with Gasteiger partial charge in [0.1, 0.15) is 0 Å². The summed E-state index contributed by atoms with van der Waals surface area (Å²) in [5, 5.41) is 7.54. The van der Waals surface area contributed by atoms with Crippen molar-refractivity contribution in [3.63, 3.8) is 0 Å². The van der Waals surface area contributed by atoms with E-state index in [1.165, 1.54) is 19.4 Å². The third-order valence-electron chi connectivity index (χ3n) is 4.27. The number of hydrogen-bond acceptors (Lipinski definition) is 5. The number of piperidine rings is 1. The maximum absolute atomic E-state index is 5.42. The van der Waals surface area contributed by atoms with Crippen LogP contribution < -0.4 is 5.32 Å². The lowest BCUT2D eigenvalue weighted by atomic mass is 9.98. The Morgan fingerprint density at radius 1 is 1.33 bits per heavy atom. The van der Waals surface area contributed by atoms with Gasteiger partial charge in [0.25, 0.3) is 0 Å². The quantitative estimate of drug-likeness (QED) is 0.873. The topological polar surface area (TPSA) is 54.2 Å². The smallest absolute Gasteiger partial charge is 0.228 e. The lowest BCUT2D eigenvalue weighted by Crippen LogP contribution is -2.27. The van der Waals surface area contributed by atoms with Gasteiger partial charge in [-0.05, 0) is 52.4 Å². The molecule has 1 aromatic rings. The molecule has 0 saturated carbocycles. The number of aromatic nitrogens is 2. The van der Waals surface area contributed by atoms with Gasteiger partial charge < -0.3 is 14.7 Å². The minimum absolute atomic E-state index is 0.491. The summed E-state index contributed by atoms with van der Waals surface area (Å²) in [6.45, 7) is 3.33. The third-order valence-corrected chi connectivity index (χ3v) is 4.27. The molecule has 0 radical (unpaired) electrons. The van der Waals surface area contributed by atoms with Crippen molar-refractivity contribution in [1.29, 1.82) is 0 Å². The number of likely N-dealkylation sites (N-methyl/N-ethyl adjacent to an activating group) is 1. The van der Waals surface area contributed by atoms with Gasteiger partial charge in [-0.25, -0.2) is 0 Å². The second-order valence-corrected chi connectivity index (χ2v) is 5.55. The summed E-state index contributed by atoms with van der Waals surface area (Å²) >= 11 is 0. The molecule has 1 N–H and O–H groups in total. The van der Waals surface area contributed by atoms with E-state index < -0.39 is 0 Å². The number of nitrogens with one attached hydrogen (secondary N) is 1. The van der Waals surface area contributed by atoms with Crippen LogP contribution in [0.25, 0.3) is 0 Å². The largest absolute Gasteiger partial charge is 0.339 e. The Balaban J connectivity index is 1.62. The van der Waals surface area contributed by atoms with E-state index in [-0.39, 0.29) is 0 Å². The van der Waals surface area contributed by atoms with Crippen LogP contribution in [0.4, 0.5) is 0 Å². The zero-order valence-corrected chi connectivity index (χ0v) is 11.1. The third kappa shape index (κ3) is 2.57. The highest BCUT2D eigenvalue weighted by atomic mass is 16.5. The fourth-order valence-electron chi connectivity index (χ4n) is 3.04. The molecule has 2 fully saturated rings. The predicted octanol–water partition coefficient (Wildman–Crippen LogP) is 1.17. The molecule has 2 aliphatic heterocycles. The number of hydrogen-bond donors (Lipinski definition) is 1. The molecule has 3 heterocycles. The first kappa shape index (κ1) is 12.1.